The molecule has 0 spiro atoms. The lowest BCUT2D eigenvalue weighted by Crippen LogP contribution is -2.33. The zero-order chi connectivity index (χ0) is 24.6. The van der Waals surface area contributed by atoms with Crippen molar-refractivity contribution in [3.05, 3.63) is 74.2 Å². The minimum atomic E-state index is -3.54. The van der Waals surface area contributed by atoms with Crippen molar-refractivity contribution in [3.8, 4) is 0 Å². The van der Waals surface area contributed by atoms with Gasteiger partial charge < -0.3 is 4.98 Å². The molecule has 0 bridgehead atoms. The van der Waals surface area contributed by atoms with E-state index in [-0.39, 0.29) is 12.0 Å². The standard InChI is InChI=1S/C27H31ClN2O4S/c28-24-16-20(8-7-19(24)9-14-26(31)30-35(33,34)21-10-11-21)23(15-17-3-1-2-4-17)25-13-12-22(18-5-6-18)27(32)29-25/h7-8,12-13,15-18,21H,1-6,9-11,14H2,(H,29,32)(H,30,31)/b23-15+. The Morgan fingerprint density at radius 3 is 2.43 bits per heavy atom. The summed E-state index contributed by atoms with van der Waals surface area (Å²) in [5, 5.41) is 0.0961. The molecule has 8 heteroatoms. The fraction of sp³-hybridized carbons (Fsp3) is 0.481. The summed E-state index contributed by atoms with van der Waals surface area (Å²) in [4.78, 5) is 28.0. The number of carbonyl (C=O) groups excluding carboxylic acids is 1. The summed E-state index contributed by atoms with van der Waals surface area (Å²) in [7, 11) is -3.54. The van der Waals surface area contributed by atoms with E-state index in [1.54, 1.807) is 0 Å². The molecule has 0 saturated heterocycles. The normalized spacial score (nSPS) is 19.2. The third kappa shape index (κ3) is 5.89. The Morgan fingerprint density at radius 2 is 1.80 bits per heavy atom. The molecule has 1 aromatic carbocycles. The molecule has 0 atom stereocenters. The Kier molecular flexibility index (Phi) is 6.91. The van der Waals surface area contributed by atoms with E-state index in [0.29, 0.717) is 36.1 Å². The van der Waals surface area contributed by atoms with Gasteiger partial charge in [-0.15, -0.1) is 0 Å². The van der Waals surface area contributed by atoms with E-state index < -0.39 is 21.2 Å². The van der Waals surface area contributed by atoms with E-state index in [9.17, 15) is 18.0 Å². The lowest BCUT2D eigenvalue weighted by Gasteiger charge is -2.14. The number of amides is 1. The van der Waals surface area contributed by atoms with Crippen molar-refractivity contribution in [2.75, 3.05) is 0 Å². The Labute approximate surface area is 211 Å². The van der Waals surface area contributed by atoms with Crippen LogP contribution in [0, 0.1) is 5.92 Å². The maximum atomic E-state index is 12.7. The molecule has 0 aliphatic heterocycles. The van der Waals surface area contributed by atoms with Crippen molar-refractivity contribution < 1.29 is 13.2 Å². The number of carbonyl (C=O) groups is 1. The minimum absolute atomic E-state index is 0.0165. The van der Waals surface area contributed by atoms with Gasteiger partial charge >= 0.3 is 0 Å². The van der Waals surface area contributed by atoms with Crippen LogP contribution in [0.25, 0.3) is 5.57 Å². The van der Waals surface area contributed by atoms with Gasteiger partial charge in [0, 0.05) is 28.3 Å². The molecule has 186 valence electrons. The lowest BCUT2D eigenvalue weighted by molar-refractivity contribution is -0.119. The average molecular weight is 515 g/mol. The van der Waals surface area contributed by atoms with Gasteiger partial charge in [0.05, 0.1) is 5.25 Å². The van der Waals surface area contributed by atoms with E-state index in [1.807, 2.05) is 30.3 Å². The van der Waals surface area contributed by atoms with Crippen LogP contribution in [0.5, 0.6) is 0 Å². The molecule has 5 rings (SSSR count). The highest BCUT2D eigenvalue weighted by Crippen LogP contribution is 2.39. The molecule has 2 aromatic rings. The predicted molar refractivity (Wildman–Crippen MR) is 138 cm³/mol. The summed E-state index contributed by atoms with van der Waals surface area (Å²) in [6, 6.07) is 9.69. The van der Waals surface area contributed by atoms with Gasteiger partial charge in [-0.3, -0.25) is 14.3 Å². The van der Waals surface area contributed by atoms with Gasteiger partial charge in [0.25, 0.3) is 5.56 Å². The number of benzene rings is 1. The van der Waals surface area contributed by atoms with Crippen molar-refractivity contribution >= 4 is 33.1 Å². The molecular weight excluding hydrogens is 484 g/mol. The quantitative estimate of drug-likeness (QED) is 0.488. The molecule has 3 aliphatic carbocycles. The molecule has 6 nitrogen and oxygen atoms in total. The predicted octanol–water partition coefficient (Wildman–Crippen LogP) is 5.07. The zero-order valence-corrected chi connectivity index (χ0v) is 21.3. The van der Waals surface area contributed by atoms with E-state index >= 15 is 0 Å². The Morgan fingerprint density at radius 1 is 1.06 bits per heavy atom. The Hall–Kier alpha value is -2.38. The van der Waals surface area contributed by atoms with Crippen LogP contribution in [0.3, 0.4) is 0 Å². The van der Waals surface area contributed by atoms with Crippen LogP contribution in [0.15, 0.2) is 41.2 Å². The highest BCUT2D eigenvalue weighted by Gasteiger charge is 2.36. The van der Waals surface area contributed by atoms with Gasteiger partial charge in [-0.05, 0) is 80.0 Å². The monoisotopic (exact) mass is 514 g/mol. The van der Waals surface area contributed by atoms with Crippen LogP contribution in [0.1, 0.15) is 86.1 Å². The van der Waals surface area contributed by atoms with Crippen LogP contribution in [-0.2, 0) is 21.2 Å². The number of nitrogens with one attached hydrogen (secondary N) is 2. The minimum Gasteiger partial charge on any atom is -0.322 e. The number of hydrogen-bond acceptors (Lipinski definition) is 4. The first kappa shape index (κ1) is 24.3. The second-order valence-corrected chi connectivity index (χ2v) is 12.5. The SMILES string of the molecule is O=C(CCc1ccc(/C(=C\C2CCCC2)c2ccc(C3CC3)c(=O)[nH]2)cc1Cl)NS(=O)(=O)C1CC1. The summed E-state index contributed by atoms with van der Waals surface area (Å²) < 4.78 is 26.1. The number of halogens is 1. The Bertz CT molecular complexity index is 1320. The summed E-state index contributed by atoms with van der Waals surface area (Å²) >= 11 is 6.61. The topological polar surface area (TPSA) is 96.1 Å². The zero-order valence-electron chi connectivity index (χ0n) is 19.7. The van der Waals surface area contributed by atoms with E-state index in [1.165, 1.54) is 12.8 Å². The number of aromatic amines is 1. The van der Waals surface area contributed by atoms with Crippen LogP contribution >= 0.6 is 11.6 Å². The van der Waals surface area contributed by atoms with Gasteiger partial charge in [-0.25, -0.2) is 8.42 Å². The summed E-state index contributed by atoms with van der Waals surface area (Å²) in [5.41, 5.74) is 4.31. The second kappa shape index (κ2) is 9.94. The average Bonchev–Trinajstić information content (AvgIpc) is 3.75. The van der Waals surface area contributed by atoms with E-state index in [0.717, 1.165) is 53.6 Å². The van der Waals surface area contributed by atoms with Crippen molar-refractivity contribution in [1.29, 1.82) is 0 Å². The first-order valence-corrected chi connectivity index (χ1v) is 14.5. The maximum Gasteiger partial charge on any atom is 0.251 e. The number of pyridine rings is 1. The highest BCUT2D eigenvalue weighted by atomic mass is 35.5. The van der Waals surface area contributed by atoms with Gasteiger partial charge in [0.1, 0.15) is 0 Å². The highest BCUT2D eigenvalue weighted by molar-refractivity contribution is 7.90. The molecule has 35 heavy (non-hydrogen) atoms. The molecule has 2 N–H and O–H groups in total. The number of H-pyrrole nitrogens is 1. The van der Waals surface area contributed by atoms with Gasteiger partial charge in [-0.1, -0.05) is 48.7 Å². The molecule has 1 aromatic heterocycles. The smallest absolute Gasteiger partial charge is 0.251 e. The number of allylic oxidation sites excluding steroid dienone is 1. The molecule has 1 heterocycles. The molecule has 3 aliphatic rings. The molecule has 3 fully saturated rings. The van der Waals surface area contributed by atoms with Crippen molar-refractivity contribution in [2.24, 2.45) is 5.92 Å². The van der Waals surface area contributed by atoms with Crippen LogP contribution in [0.4, 0.5) is 0 Å². The van der Waals surface area contributed by atoms with Crippen molar-refractivity contribution in [3.63, 3.8) is 0 Å². The molecule has 3 saturated carbocycles. The lowest BCUT2D eigenvalue weighted by atomic mass is 9.94. The molecule has 0 unspecified atom stereocenters. The van der Waals surface area contributed by atoms with E-state index in [4.69, 9.17) is 11.6 Å². The second-order valence-electron chi connectivity index (χ2n) is 10.1. The van der Waals surface area contributed by atoms with Gasteiger partial charge in [0.2, 0.25) is 15.9 Å². The van der Waals surface area contributed by atoms with Crippen molar-refractivity contribution in [1.82, 2.24) is 9.71 Å². The number of aromatic nitrogens is 1. The number of rotatable bonds is 9. The number of hydrogen-bond donors (Lipinski definition) is 2. The van der Waals surface area contributed by atoms with Crippen LogP contribution in [-0.4, -0.2) is 24.6 Å². The van der Waals surface area contributed by atoms with Crippen molar-refractivity contribution in [2.45, 2.75) is 75.4 Å². The molecular formula is C27H31ClN2O4S. The third-order valence-electron chi connectivity index (χ3n) is 7.25. The van der Waals surface area contributed by atoms with E-state index in [2.05, 4.69) is 15.8 Å². The van der Waals surface area contributed by atoms with Gasteiger partial charge in [-0.2, -0.15) is 0 Å². The summed E-state index contributed by atoms with van der Waals surface area (Å²) in [6.07, 6.45) is 10.7. The number of sulfonamides is 1. The van der Waals surface area contributed by atoms with Crippen LogP contribution in [0.2, 0.25) is 5.02 Å². The molecule has 0 radical (unpaired) electrons. The summed E-state index contributed by atoms with van der Waals surface area (Å²) in [6.45, 7) is 0. The third-order valence-corrected chi connectivity index (χ3v) is 9.47. The first-order valence-electron chi connectivity index (χ1n) is 12.6. The van der Waals surface area contributed by atoms with Gasteiger partial charge in [0.15, 0.2) is 0 Å². The first-order chi connectivity index (χ1) is 16.8. The summed E-state index contributed by atoms with van der Waals surface area (Å²) in [5.74, 6) is 0.347. The molecule has 1 amide bonds. The Balaban J connectivity index is 1.35. The fourth-order valence-corrected chi connectivity index (χ4v) is 6.51. The fourth-order valence-electron chi connectivity index (χ4n) is 4.90. The number of aryl methyl sites for hydroxylation is 1. The largest absolute Gasteiger partial charge is 0.322 e. The van der Waals surface area contributed by atoms with Crippen LogP contribution < -0.4 is 10.3 Å². The maximum absolute atomic E-state index is 12.7.